The number of carboxylic acids is 1. The van der Waals surface area contributed by atoms with Crippen LogP contribution in [0.4, 0.5) is 4.39 Å². The number of halogens is 2. The number of aromatic carboxylic acids is 1. The van der Waals surface area contributed by atoms with Crippen molar-refractivity contribution in [3.05, 3.63) is 33.8 Å². The highest BCUT2D eigenvalue weighted by atomic mass is 79.9. The molecule has 0 fully saturated rings. The van der Waals surface area contributed by atoms with Crippen LogP contribution < -0.4 is 0 Å². The van der Waals surface area contributed by atoms with Gasteiger partial charge in [-0.1, -0.05) is 6.07 Å². The summed E-state index contributed by atoms with van der Waals surface area (Å²) in [5.41, 5.74) is 0.459. The van der Waals surface area contributed by atoms with Gasteiger partial charge in [0.05, 0.1) is 5.56 Å². The van der Waals surface area contributed by atoms with E-state index in [0.717, 1.165) is 0 Å². The molecule has 4 heteroatoms. The Kier molecular flexibility index (Phi) is 2.81. The van der Waals surface area contributed by atoms with Gasteiger partial charge in [-0.25, -0.2) is 9.18 Å². The maximum atomic E-state index is 12.1. The number of alkyl halides is 1. The SMILES string of the molecule is O=C(O)c1cc(CF)ccc1Br. The molecule has 0 aromatic heterocycles. The fourth-order valence-corrected chi connectivity index (χ4v) is 1.24. The van der Waals surface area contributed by atoms with Crippen molar-refractivity contribution >= 4 is 21.9 Å². The first-order valence-corrected chi connectivity index (χ1v) is 4.02. The molecule has 0 spiro atoms. The van der Waals surface area contributed by atoms with E-state index in [-0.39, 0.29) is 5.56 Å². The molecule has 1 aromatic carbocycles. The summed E-state index contributed by atoms with van der Waals surface area (Å²) in [4.78, 5) is 10.5. The molecule has 0 aliphatic heterocycles. The van der Waals surface area contributed by atoms with E-state index in [1.54, 1.807) is 0 Å². The number of carboxylic acid groups (broad SMARTS) is 1. The van der Waals surface area contributed by atoms with Gasteiger partial charge in [0.1, 0.15) is 6.67 Å². The number of hydrogen-bond donors (Lipinski definition) is 1. The Labute approximate surface area is 77.2 Å². The van der Waals surface area contributed by atoms with E-state index >= 15 is 0 Å². The fraction of sp³-hybridized carbons (Fsp3) is 0.125. The van der Waals surface area contributed by atoms with E-state index < -0.39 is 12.6 Å². The summed E-state index contributed by atoms with van der Waals surface area (Å²) in [6, 6.07) is 4.38. The van der Waals surface area contributed by atoms with Crippen molar-refractivity contribution in [1.29, 1.82) is 0 Å². The van der Waals surface area contributed by atoms with Gasteiger partial charge in [0, 0.05) is 4.47 Å². The Hall–Kier alpha value is -0.900. The molecule has 0 radical (unpaired) electrons. The molecule has 0 amide bonds. The highest BCUT2D eigenvalue weighted by Crippen LogP contribution is 2.18. The fourth-order valence-electron chi connectivity index (χ4n) is 0.819. The third-order valence-corrected chi connectivity index (χ3v) is 2.11. The first kappa shape index (κ1) is 9.19. The van der Waals surface area contributed by atoms with Crippen molar-refractivity contribution in [2.75, 3.05) is 0 Å². The van der Waals surface area contributed by atoms with Crippen LogP contribution in [-0.4, -0.2) is 11.1 Å². The van der Waals surface area contributed by atoms with Crippen LogP contribution in [-0.2, 0) is 6.67 Å². The van der Waals surface area contributed by atoms with Crippen LogP contribution in [0.25, 0.3) is 0 Å². The summed E-state index contributed by atoms with van der Waals surface area (Å²) in [7, 11) is 0. The zero-order chi connectivity index (χ0) is 9.14. The lowest BCUT2D eigenvalue weighted by Gasteiger charge is -2.00. The minimum atomic E-state index is -1.06. The Morgan fingerprint density at radius 3 is 2.75 bits per heavy atom. The molecule has 64 valence electrons. The molecule has 1 N–H and O–H groups in total. The summed E-state index contributed by atoms with van der Waals surface area (Å²) in [5, 5.41) is 8.63. The molecule has 0 saturated carbocycles. The third-order valence-electron chi connectivity index (χ3n) is 1.42. The second-order valence-corrected chi connectivity index (χ2v) is 3.11. The molecule has 0 heterocycles. The second kappa shape index (κ2) is 3.67. The van der Waals surface area contributed by atoms with Crippen molar-refractivity contribution < 1.29 is 14.3 Å². The molecule has 0 aliphatic carbocycles. The van der Waals surface area contributed by atoms with E-state index in [9.17, 15) is 9.18 Å². The van der Waals surface area contributed by atoms with Gasteiger partial charge in [-0.2, -0.15) is 0 Å². The predicted molar refractivity (Wildman–Crippen MR) is 45.9 cm³/mol. The molecule has 2 nitrogen and oxygen atoms in total. The summed E-state index contributed by atoms with van der Waals surface area (Å²) >= 11 is 3.06. The van der Waals surface area contributed by atoms with E-state index in [0.29, 0.717) is 10.0 Å². The van der Waals surface area contributed by atoms with Gasteiger partial charge in [0.25, 0.3) is 0 Å². The normalized spacial score (nSPS) is 9.83. The minimum absolute atomic E-state index is 0.0881. The average molecular weight is 233 g/mol. The van der Waals surface area contributed by atoms with Crippen LogP contribution >= 0.6 is 15.9 Å². The smallest absolute Gasteiger partial charge is 0.336 e. The Bertz CT molecular complexity index is 312. The van der Waals surface area contributed by atoms with Crippen LogP contribution in [0.5, 0.6) is 0 Å². The lowest BCUT2D eigenvalue weighted by Crippen LogP contribution is -1.98. The van der Waals surface area contributed by atoms with Gasteiger partial charge in [-0.15, -0.1) is 0 Å². The minimum Gasteiger partial charge on any atom is -0.478 e. The van der Waals surface area contributed by atoms with Gasteiger partial charge < -0.3 is 5.11 Å². The number of carbonyl (C=O) groups is 1. The van der Waals surface area contributed by atoms with Crippen molar-refractivity contribution in [3.63, 3.8) is 0 Å². The van der Waals surface area contributed by atoms with Gasteiger partial charge >= 0.3 is 5.97 Å². The van der Waals surface area contributed by atoms with E-state index in [1.807, 2.05) is 0 Å². The van der Waals surface area contributed by atoms with Crippen LogP contribution in [0.1, 0.15) is 15.9 Å². The quantitative estimate of drug-likeness (QED) is 0.852. The van der Waals surface area contributed by atoms with Crippen molar-refractivity contribution in [2.45, 2.75) is 6.67 Å². The average Bonchev–Trinajstić information content (AvgIpc) is 2.05. The molecule has 1 rings (SSSR count). The predicted octanol–water partition coefficient (Wildman–Crippen LogP) is 2.62. The van der Waals surface area contributed by atoms with Gasteiger partial charge in [-0.3, -0.25) is 0 Å². The van der Waals surface area contributed by atoms with E-state index in [1.165, 1.54) is 18.2 Å². The summed E-state index contributed by atoms with van der Waals surface area (Å²) in [6.45, 7) is -0.645. The zero-order valence-electron chi connectivity index (χ0n) is 6.05. The number of rotatable bonds is 2. The molecule has 0 atom stereocenters. The lowest BCUT2D eigenvalue weighted by atomic mass is 10.1. The Balaban J connectivity index is 3.17. The zero-order valence-corrected chi connectivity index (χ0v) is 7.64. The molecule has 1 aromatic rings. The molecule has 0 bridgehead atoms. The van der Waals surface area contributed by atoms with Crippen LogP contribution in [0.2, 0.25) is 0 Å². The van der Waals surface area contributed by atoms with Gasteiger partial charge in [0.15, 0.2) is 0 Å². The Morgan fingerprint density at radius 2 is 2.25 bits per heavy atom. The summed E-state index contributed by atoms with van der Waals surface area (Å²) in [5.74, 6) is -1.06. The lowest BCUT2D eigenvalue weighted by molar-refractivity contribution is 0.0695. The number of benzene rings is 1. The monoisotopic (exact) mass is 232 g/mol. The van der Waals surface area contributed by atoms with Gasteiger partial charge in [-0.05, 0) is 33.6 Å². The topological polar surface area (TPSA) is 37.3 Å². The van der Waals surface area contributed by atoms with Crippen LogP contribution in [0, 0.1) is 0 Å². The molecule has 12 heavy (non-hydrogen) atoms. The van der Waals surface area contributed by atoms with E-state index in [2.05, 4.69) is 15.9 Å². The second-order valence-electron chi connectivity index (χ2n) is 2.25. The first-order valence-electron chi connectivity index (χ1n) is 3.23. The third kappa shape index (κ3) is 1.82. The van der Waals surface area contributed by atoms with Crippen molar-refractivity contribution in [3.8, 4) is 0 Å². The summed E-state index contributed by atoms with van der Waals surface area (Å²) < 4.78 is 12.6. The highest BCUT2D eigenvalue weighted by Gasteiger charge is 2.08. The maximum absolute atomic E-state index is 12.1. The summed E-state index contributed by atoms with van der Waals surface area (Å²) in [6.07, 6.45) is 0. The maximum Gasteiger partial charge on any atom is 0.336 e. The molecule has 0 unspecified atom stereocenters. The van der Waals surface area contributed by atoms with Gasteiger partial charge in [0.2, 0.25) is 0 Å². The number of hydrogen-bond acceptors (Lipinski definition) is 1. The van der Waals surface area contributed by atoms with Crippen molar-refractivity contribution in [1.82, 2.24) is 0 Å². The molecular weight excluding hydrogens is 227 g/mol. The molecule has 0 saturated heterocycles. The van der Waals surface area contributed by atoms with Crippen LogP contribution in [0.3, 0.4) is 0 Å². The largest absolute Gasteiger partial charge is 0.478 e. The van der Waals surface area contributed by atoms with E-state index in [4.69, 9.17) is 5.11 Å². The Morgan fingerprint density at radius 1 is 1.58 bits per heavy atom. The standard InChI is InChI=1S/C8H6BrFO2/c9-7-2-1-5(4-10)3-6(7)8(11)12/h1-3H,4H2,(H,11,12). The van der Waals surface area contributed by atoms with Crippen LogP contribution in [0.15, 0.2) is 22.7 Å². The molecular formula is C8H6BrFO2. The molecule has 0 aliphatic rings. The first-order chi connectivity index (χ1) is 5.65. The highest BCUT2D eigenvalue weighted by molar-refractivity contribution is 9.10. The van der Waals surface area contributed by atoms with Crippen molar-refractivity contribution in [2.24, 2.45) is 0 Å².